The van der Waals surface area contributed by atoms with E-state index in [4.69, 9.17) is 0 Å². The molecule has 5 heteroatoms. The molecular weight excluding hydrogens is 242 g/mol. The fourth-order valence-electron chi connectivity index (χ4n) is 2.63. The summed E-state index contributed by atoms with van der Waals surface area (Å²) in [6.07, 6.45) is 6.38. The summed E-state index contributed by atoms with van der Waals surface area (Å²) in [5, 5.41) is 10.8. The van der Waals surface area contributed by atoms with E-state index in [1.807, 2.05) is 12.4 Å². The van der Waals surface area contributed by atoms with Gasteiger partial charge in [0.05, 0.1) is 16.9 Å². The minimum Gasteiger partial charge on any atom is -0.330 e. The predicted octanol–water partition coefficient (Wildman–Crippen LogP) is 2.72. The van der Waals surface area contributed by atoms with Crippen LogP contribution in [0.5, 0.6) is 0 Å². The second kappa shape index (κ2) is 4.84. The second-order valence-corrected chi connectivity index (χ2v) is 4.90. The zero-order chi connectivity index (χ0) is 13.2. The van der Waals surface area contributed by atoms with Crippen LogP contribution >= 0.6 is 0 Å². The highest BCUT2D eigenvalue weighted by Crippen LogP contribution is 2.21. The molecule has 0 saturated heterocycles. The molecular formula is C14H15N3O2. The minimum atomic E-state index is -0.354. The third kappa shape index (κ3) is 2.36. The Morgan fingerprint density at radius 3 is 3.00 bits per heavy atom. The lowest BCUT2D eigenvalue weighted by molar-refractivity contribution is -0.384. The Morgan fingerprint density at radius 1 is 1.32 bits per heavy atom. The highest BCUT2D eigenvalue weighted by atomic mass is 16.6. The molecule has 98 valence electrons. The Morgan fingerprint density at radius 2 is 2.16 bits per heavy atom. The number of nitrogens with zero attached hydrogens (tertiary/aromatic N) is 3. The lowest BCUT2D eigenvalue weighted by Crippen LogP contribution is -2.09. The molecule has 19 heavy (non-hydrogen) atoms. The van der Waals surface area contributed by atoms with Gasteiger partial charge in [-0.05, 0) is 31.2 Å². The summed E-state index contributed by atoms with van der Waals surface area (Å²) >= 11 is 0. The van der Waals surface area contributed by atoms with Gasteiger partial charge >= 0.3 is 0 Å². The molecule has 3 rings (SSSR count). The first-order valence-electron chi connectivity index (χ1n) is 6.50. The molecule has 0 spiro atoms. The Labute approximate surface area is 111 Å². The molecule has 0 radical (unpaired) electrons. The average Bonchev–Trinajstić information content (AvgIpc) is 2.83. The van der Waals surface area contributed by atoms with E-state index in [-0.39, 0.29) is 10.6 Å². The van der Waals surface area contributed by atoms with Crippen LogP contribution in [0.15, 0.2) is 30.6 Å². The largest absolute Gasteiger partial charge is 0.330 e. The molecule has 1 heterocycles. The van der Waals surface area contributed by atoms with Gasteiger partial charge in [-0.1, -0.05) is 12.1 Å². The lowest BCUT2D eigenvalue weighted by Gasteiger charge is -2.13. The van der Waals surface area contributed by atoms with Crippen LogP contribution in [0.25, 0.3) is 0 Å². The molecule has 1 aromatic heterocycles. The van der Waals surface area contributed by atoms with E-state index in [2.05, 4.69) is 9.55 Å². The number of imidazole rings is 1. The van der Waals surface area contributed by atoms with Gasteiger partial charge in [0.25, 0.3) is 5.69 Å². The molecule has 1 aliphatic rings. The summed E-state index contributed by atoms with van der Waals surface area (Å²) < 4.78 is 2.12. The number of hydrogen-bond donors (Lipinski definition) is 0. The zero-order valence-electron chi connectivity index (χ0n) is 10.6. The van der Waals surface area contributed by atoms with Crippen molar-refractivity contribution in [3.8, 4) is 0 Å². The number of aromatic nitrogens is 2. The van der Waals surface area contributed by atoms with Crippen molar-refractivity contribution in [3.05, 3.63) is 57.7 Å². The van der Waals surface area contributed by atoms with E-state index in [0.29, 0.717) is 6.54 Å². The van der Waals surface area contributed by atoms with E-state index in [1.165, 1.54) is 30.3 Å². The molecule has 2 aromatic rings. The first-order chi connectivity index (χ1) is 9.24. The summed E-state index contributed by atoms with van der Waals surface area (Å²) in [5.74, 6) is 0. The standard InChI is InChI=1S/C14H15N3O2/c18-17(19)12-5-3-4-11(8-12)9-16-10-15-13-6-1-2-7-14(13)16/h3-5,8,10H,1-2,6-7,9H2. The Kier molecular flexibility index (Phi) is 3.03. The van der Waals surface area contributed by atoms with Crippen LogP contribution in [0, 0.1) is 10.1 Å². The topological polar surface area (TPSA) is 61.0 Å². The van der Waals surface area contributed by atoms with Gasteiger partial charge in [-0.2, -0.15) is 0 Å². The summed E-state index contributed by atoms with van der Waals surface area (Å²) in [7, 11) is 0. The van der Waals surface area contributed by atoms with E-state index in [9.17, 15) is 10.1 Å². The third-order valence-corrected chi connectivity index (χ3v) is 3.58. The molecule has 1 aliphatic carbocycles. The van der Waals surface area contributed by atoms with Crippen molar-refractivity contribution < 1.29 is 4.92 Å². The van der Waals surface area contributed by atoms with Crippen LogP contribution in [0.1, 0.15) is 29.8 Å². The maximum absolute atomic E-state index is 10.8. The lowest BCUT2D eigenvalue weighted by atomic mass is 10.0. The fraction of sp³-hybridized carbons (Fsp3) is 0.357. The first-order valence-corrected chi connectivity index (χ1v) is 6.50. The summed E-state index contributed by atoms with van der Waals surface area (Å²) in [4.78, 5) is 14.9. The number of rotatable bonds is 3. The highest BCUT2D eigenvalue weighted by molar-refractivity contribution is 5.34. The molecule has 5 nitrogen and oxygen atoms in total. The van der Waals surface area contributed by atoms with Gasteiger partial charge < -0.3 is 4.57 Å². The van der Waals surface area contributed by atoms with Crippen molar-refractivity contribution in [1.82, 2.24) is 9.55 Å². The van der Waals surface area contributed by atoms with Gasteiger partial charge in [0.2, 0.25) is 0 Å². The number of aryl methyl sites for hydroxylation is 1. The highest BCUT2D eigenvalue weighted by Gasteiger charge is 2.15. The molecule has 0 N–H and O–H groups in total. The fourth-order valence-corrected chi connectivity index (χ4v) is 2.63. The number of non-ortho nitro benzene ring substituents is 1. The van der Waals surface area contributed by atoms with Gasteiger partial charge in [0.15, 0.2) is 0 Å². The van der Waals surface area contributed by atoms with Crippen LogP contribution in [0.2, 0.25) is 0 Å². The van der Waals surface area contributed by atoms with E-state index in [1.54, 1.807) is 12.1 Å². The quantitative estimate of drug-likeness (QED) is 0.627. The maximum atomic E-state index is 10.8. The predicted molar refractivity (Wildman–Crippen MR) is 71.1 cm³/mol. The molecule has 0 saturated carbocycles. The summed E-state index contributed by atoms with van der Waals surface area (Å²) in [5.41, 5.74) is 3.57. The maximum Gasteiger partial charge on any atom is 0.269 e. The molecule has 0 unspecified atom stereocenters. The van der Waals surface area contributed by atoms with Crippen LogP contribution in [0.4, 0.5) is 5.69 Å². The van der Waals surface area contributed by atoms with Crippen molar-refractivity contribution in [3.63, 3.8) is 0 Å². The van der Waals surface area contributed by atoms with Gasteiger partial charge in [-0.15, -0.1) is 0 Å². The van der Waals surface area contributed by atoms with E-state index < -0.39 is 0 Å². The van der Waals surface area contributed by atoms with Crippen molar-refractivity contribution in [2.24, 2.45) is 0 Å². The van der Waals surface area contributed by atoms with Crippen LogP contribution < -0.4 is 0 Å². The van der Waals surface area contributed by atoms with Gasteiger partial charge in [-0.3, -0.25) is 10.1 Å². The number of hydrogen-bond acceptors (Lipinski definition) is 3. The first kappa shape index (κ1) is 11.9. The second-order valence-electron chi connectivity index (χ2n) is 4.90. The van der Waals surface area contributed by atoms with Crippen molar-refractivity contribution in [1.29, 1.82) is 0 Å². The minimum absolute atomic E-state index is 0.145. The van der Waals surface area contributed by atoms with Crippen molar-refractivity contribution in [2.75, 3.05) is 0 Å². The smallest absolute Gasteiger partial charge is 0.269 e. The van der Waals surface area contributed by atoms with Gasteiger partial charge in [-0.25, -0.2) is 4.98 Å². The molecule has 0 fully saturated rings. The van der Waals surface area contributed by atoms with Gasteiger partial charge in [0, 0.05) is 24.4 Å². The molecule has 1 aromatic carbocycles. The van der Waals surface area contributed by atoms with Crippen LogP contribution in [-0.4, -0.2) is 14.5 Å². The third-order valence-electron chi connectivity index (χ3n) is 3.58. The van der Waals surface area contributed by atoms with E-state index >= 15 is 0 Å². The number of nitro groups is 1. The summed E-state index contributed by atoms with van der Waals surface area (Å²) in [6.45, 7) is 0.657. The van der Waals surface area contributed by atoms with Crippen LogP contribution in [0.3, 0.4) is 0 Å². The molecule has 0 atom stereocenters. The molecule has 0 amide bonds. The number of fused-ring (bicyclic) bond motifs is 1. The zero-order valence-corrected chi connectivity index (χ0v) is 10.6. The molecule has 0 bridgehead atoms. The number of benzene rings is 1. The SMILES string of the molecule is O=[N+]([O-])c1cccc(Cn2cnc3c2CCCC3)c1. The Hall–Kier alpha value is -2.17. The Bertz CT molecular complexity index is 619. The normalized spacial score (nSPS) is 14.1. The average molecular weight is 257 g/mol. The van der Waals surface area contributed by atoms with Crippen molar-refractivity contribution >= 4 is 5.69 Å². The van der Waals surface area contributed by atoms with Crippen LogP contribution in [-0.2, 0) is 19.4 Å². The summed E-state index contributed by atoms with van der Waals surface area (Å²) in [6, 6.07) is 6.81. The van der Waals surface area contributed by atoms with Crippen molar-refractivity contribution in [2.45, 2.75) is 32.2 Å². The number of nitro benzene ring substituents is 1. The van der Waals surface area contributed by atoms with E-state index in [0.717, 1.165) is 18.4 Å². The molecule has 0 aliphatic heterocycles. The monoisotopic (exact) mass is 257 g/mol. The van der Waals surface area contributed by atoms with Gasteiger partial charge in [0.1, 0.15) is 0 Å². The Balaban J connectivity index is 1.87.